The monoisotopic (exact) mass is 461 g/mol. The van der Waals surface area contributed by atoms with E-state index in [2.05, 4.69) is 16.4 Å². The van der Waals surface area contributed by atoms with Crippen LogP contribution in [0.3, 0.4) is 0 Å². The van der Waals surface area contributed by atoms with Crippen LogP contribution in [0.15, 0.2) is 71.6 Å². The average Bonchev–Trinajstić information content (AvgIpc) is 3.20. The van der Waals surface area contributed by atoms with Gasteiger partial charge >= 0.3 is 0 Å². The van der Waals surface area contributed by atoms with Crippen molar-refractivity contribution in [2.75, 3.05) is 19.4 Å². The Kier molecular flexibility index (Phi) is 6.65. The summed E-state index contributed by atoms with van der Waals surface area (Å²) in [7, 11) is 1.64. The molecule has 0 saturated carbocycles. The number of nitrogens with one attached hydrogen (secondary N) is 2. The molecule has 4 rings (SSSR count). The van der Waals surface area contributed by atoms with Crippen LogP contribution in [0.5, 0.6) is 5.75 Å². The van der Waals surface area contributed by atoms with Crippen LogP contribution in [0.4, 0.5) is 5.69 Å². The molecule has 0 unspecified atom stereocenters. The van der Waals surface area contributed by atoms with E-state index in [0.29, 0.717) is 17.9 Å². The number of fused-ring (bicyclic) bond motifs is 1. The molecule has 0 saturated heterocycles. The number of amides is 1. The molecular weight excluding hydrogens is 438 g/mol. The second-order valence-electron chi connectivity index (χ2n) is 7.47. The van der Waals surface area contributed by atoms with Crippen molar-refractivity contribution in [1.29, 1.82) is 0 Å². The van der Waals surface area contributed by atoms with Crippen LogP contribution in [0.1, 0.15) is 15.9 Å². The molecule has 0 radical (unpaired) electrons. The molecule has 2 N–H and O–H groups in total. The molecule has 7 nitrogen and oxygen atoms in total. The highest BCUT2D eigenvalue weighted by Crippen LogP contribution is 2.38. The van der Waals surface area contributed by atoms with E-state index in [1.54, 1.807) is 37.9 Å². The summed E-state index contributed by atoms with van der Waals surface area (Å²) in [5.41, 5.74) is 3.86. The highest BCUT2D eigenvalue weighted by Gasteiger charge is 2.16. The molecule has 0 aliphatic heterocycles. The molecule has 1 heterocycles. The lowest BCUT2D eigenvalue weighted by molar-refractivity contribution is -0.385. The highest BCUT2D eigenvalue weighted by molar-refractivity contribution is 7.99. The number of aromatic nitrogens is 1. The van der Waals surface area contributed by atoms with E-state index in [0.717, 1.165) is 32.8 Å². The summed E-state index contributed by atoms with van der Waals surface area (Å²) in [6.45, 7) is 2.07. The van der Waals surface area contributed by atoms with Gasteiger partial charge in [0.15, 0.2) is 0 Å². The Bertz CT molecular complexity index is 1320. The smallest absolute Gasteiger partial charge is 0.273 e. The fourth-order valence-corrected chi connectivity index (χ4v) is 4.65. The number of hydrogen-bond acceptors (Lipinski definition) is 5. The van der Waals surface area contributed by atoms with Crippen LogP contribution >= 0.6 is 11.8 Å². The van der Waals surface area contributed by atoms with Crippen molar-refractivity contribution >= 4 is 34.3 Å². The highest BCUT2D eigenvalue weighted by atomic mass is 32.2. The third kappa shape index (κ3) is 4.85. The number of nitro benzene ring substituents is 1. The molecule has 4 aromatic rings. The summed E-state index contributed by atoms with van der Waals surface area (Å²) in [4.78, 5) is 27.8. The zero-order valence-electron chi connectivity index (χ0n) is 18.3. The van der Waals surface area contributed by atoms with Crippen LogP contribution in [0, 0.1) is 17.0 Å². The fourth-order valence-electron chi connectivity index (χ4n) is 3.59. The maximum Gasteiger partial charge on any atom is 0.273 e. The zero-order valence-corrected chi connectivity index (χ0v) is 19.1. The third-order valence-electron chi connectivity index (χ3n) is 5.34. The van der Waals surface area contributed by atoms with Crippen molar-refractivity contribution in [3.63, 3.8) is 0 Å². The van der Waals surface area contributed by atoms with E-state index >= 15 is 0 Å². The number of aromatic amines is 1. The summed E-state index contributed by atoms with van der Waals surface area (Å²) >= 11 is 1.65. The van der Waals surface area contributed by atoms with E-state index in [1.807, 2.05) is 42.5 Å². The van der Waals surface area contributed by atoms with Gasteiger partial charge in [-0.15, -0.1) is 11.8 Å². The minimum absolute atomic E-state index is 0.0556. The lowest BCUT2D eigenvalue weighted by atomic mass is 10.1. The fraction of sp³-hybridized carbons (Fsp3) is 0.160. The predicted octanol–water partition coefficient (Wildman–Crippen LogP) is 5.58. The molecule has 1 amide bonds. The summed E-state index contributed by atoms with van der Waals surface area (Å²) in [6.07, 6.45) is 0. The van der Waals surface area contributed by atoms with Gasteiger partial charge in [-0.25, -0.2) is 0 Å². The molecular formula is C25H23N3O4S. The van der Waals surface area contributed by atoms with Gasteiger partial charge in [0.05, 0.1) is 17.7 Å². The largest absolute Gasteiger partial charge is 0.497 e. The molecule has 0 aliphatic carbocycles. The lowest BCUT2D eigenvalue weighted by Gasteiger charge is -2.08. The third-order valence-corrected chi connectivity index (χ3v) is 6.46. The van der Waals surface area contributed by atoms with E-state index < -0.39 is 4.92 Å². The topological polar surface area (TPSA) is 97.3 Å². The second-order valence-corrected chi connectivity index (χ2v) is 8.57. The number of thioether (sulfide) groups is 1. The van der Waals surface area contributed by atoms with Gasteiger partial charge in [0.1, 0.15) is 5.75 Å². The first kappa shape index (κ1) is 22.4. The number of para-hydroxylation sites is 1. The number of carbonyl (C=O) groups is 1. The quantitative estimate of drug-likeness (QED) is 0.154. The summed E-state index contributed by atoms with van der Waals surface area (Å²) in [5.74, 6) is 1.11. The Morgan fingerprint density at radius 2 is 1.88 bits per heavy atom. The first-order valence-electron chi connectivity index (χ1n) is 10.4. The summed E-state index contributed by atoms with van der Waals surface area (Å²) in [6, 6.07) is 20.5. The number of carbonyl (C=O) groups excluding carboxylic acids is 1. The van der Waals surface area contributed by atoms with Crippen molar-refractivity contribution in [2.45, 2.75) is 11.8 Å². The summed E-state index contributed by atoms with van der Waals surface area (Å²) in [5, 5.41) is 15.1. The zero-order chi connectivity index (χ0) is 23.4. The molecule has 3 aromatic carbocycles. The molecule has 0 bridgehead atoms. The Labute approximate surface area is 195 Å². The minimum Gasteiger partial charge on any atom is -0.497 e. The lowest BCUT2D eigenvalue weighted by Crippen LogP contribution is -2.25. The number of nitrogens with zero attached hydrogens (tertiary/aromatic N) is 1. The Balaban J connectivity index is 1.48. The van der Waals surface area contributed by atoms with Crippen molar-refractivity contribution in [2.24, 2.45) is 0 Å². The van der Waals surface area contributed by atoms with E-state index in [4.69, 9.17) is 4.74 Å². The minimum atomic E-state index is -0.473. The van der Waals surface area contributed by atoms with Gasteiger partial charge in [-0.3, -0.25) is 14.9 Å². The number of methoxy groups -OCH3 is 1. The number of aryl methyl sites for hydroxylation is 1. The van der Waals surface area contributed by atoms with E-state index in [1.165, 1.54) is 6.07 Å². The maximum absolute atomic E-state index is 12.5. The molecule has 0 spiro atoms. The van der Waals surface area contributed by atoms with Gasteiger partial charge in [-0.2, -0.15) is 0 Å². The van der Waals surface area contributed by atoms with Crippen LogP contribution in [0.2, 0.25) is 0 Å². The molecule has 1 aromatic heterocycles. The number of ether oxygens (including phenoxy) is 1. The number of benzene rings is 3. The number of hydrogen-bond donors (Lipinski definition) is 2. The first-order valence-corrected chi connectivity index (χ1v) is 11.4. The van der Waals surface area contributed by atoms with Crippen molar-refractivity contribution in [3.05, 3.63) is 88.0 Å². The van der Waals surface area contributed by atoms with Crippen molar-refractivity contribution in [1.82, 2.24) is 10.3 Å². The molecule has 33 heavy (non-hydrogen) atoms. The average molecular weight is 462 g/mol. The van der Waals surface area contributed by atoms with E-state index in [9.17, 15) is 14.9 Å². The molecule has 0 aliphatic rings. The summed E-state index contributed by atoms with van der Waals surface area (Å²) < 4.78 is 5.27. The van der Waals surface area contributed by atoms with Gasteiger partial charge in [0.25, 0.3) is 11.6 Å². The molecule has 168 valence electrons. The molecule has 8 heteroatoms. The van der Waals surface area contributed by atoms with Crippen LogP contribution < -0.4 is 10.1 Å². The Morgan fingerprint density at radius 1 is 1.12 bits per heavy atom. The van der Waals surface area contributed by atoms with Gasteiger partial charge < -0.3 is 15.0 Å². The van der Waals surface area contributed by atoms with Gasteiger partial charge in [-0.1, -0.05) is 24.3 Å². The van der Waals surface area contributed by atoms with Crippen molar-refractivity contribution in [3.8, 4) is 17.0 Å². The molecule has 0 atom stereocenters. The first-order chi connectivity index (χ1) is 16.0. The van der Waals surface area contributed by atoms with Crippen LogP contribution in [-0.4, -0.2) is 35.2 Å². The standard InChI is InChI=1S/C25H23N3O4S/c1-16-7-8-18(15-22(16)28(30)31)25(29)26-13-14-33-24-20-5-3-4-6-21(20)27-23(24)17-9-11-19(32-2)12-10-17/h3-12,15,27H,13-14H2,1-2H3,(H,26,29). The normalized spacial score (nSPS) is 10.8. The van der Waals surface area contributed by atoms with Gasteiger partial charge in [0.2, 0.25) is 0 Å². The van der Waals surface area contributed by atoms with E-state index in [-0.39, 0.29) is 17.2 Å². The molecule has 0 fully saturated rings. The Hall–Kier alpha value is -3.78. The SMILES string of the molecule is COc1ccc(-c2[nH]c3ccccc3c2SCCNC(=O)c2ccc(C)c([N+](=O)[O-])c2)cc1. The van der Waals surface area contributed by atoms with Crippen LogP contribution in [0.25, 0.3) is 22.2 Å². The predicted molar refractivity (Wildman–Crippen MR) is 131 cm³/mol. The number of nitro groups is 1. The van der Waals surface area contributed by atoms with Gasteiger partial charge in [-0.05, 0) is 48.9 Å². The second kappa shape index (κ2) is 9.79. The maximum atomic E-state index is 12.5. The van der Waals surface area contributed by atoms with Gasteiger partial charge in [0, 0.05) is 45.3 Å². The number of rotatable bonds is 8. The van der Waals surface area contributed by atoms with Crippen LogP contribution in [-0.2, 0) is 0 Å². The number of H-pyrrole nitrogens is 1. The van der Waals surface area contributed by atoms with Crippen molar-refractivity contribution < 1.29 is 14.5 Å². The Morgan fingerprint density at radius 3 is 2.61 bits per heavy atom.